The Kier molecular flexibility index (Phi) is 3.66. The lowest BCUT2D eigenvalue weighted by atomic mass is 10.1. The molecule has 1 aromatic heterocycles. The van der Waals surface area contributed by atoms with Crippen LogP contribution in [-0.2, 0) is 0 Å². The summed E-state index contributed by atoms with van der Waals surface area (Å²) in [6.07, 6.45) is 7.35. The fraction of sp³-hybridized carbons (Fsp3) is 0.692. The molecule has 2 rings (SSSR count). The minimum absolute atomic E-state index is 0.321. The summed E-state index contributed by atoms with van der Waals surface area (Å²) < 4.78 is 5.18. The molecule has 2 heterocycles. The molecule has 1 aliphatic rings. The summed E-state index contributed by atoms with van der Waals surface area (Å²) in [7, 11) is 0. The summed E-state index contributed by atoms with van der Waals surface area (Å²) in [6.45, 7) is 5.23. The van der Waals surface area contributed by atoms with Crippen LogP contribution < -0.4 is 5.73 Å². The second kappa shape index (κ2) is 5.02. The number of likely N-dealkylation sites (tertiary alicyclic amines) is 1. The van der Waals surface area contributed by atoms with Gasteiger partial charge in [0.25, 0.3) is 0 Å². The van der Waals surface area contributed by atoms with E-state index in [0.29, 0.717) is 24.7 Å². The molecule has 0 aromatic carbocycles. The monoisotopic (exact) mass is 222 g/mol. The number of nitrogens with two attached hydrogens (primary N) is 1. The maximum absolute atomic E-state index is 5.94. The maximum Gasteiger partial charge on any atom is 0.0950 e. The average Bonchev–Trinajstić information content (AvgIpc) is 2.91. The van der Waals surface area contributed by atoms with Crippen molar-refractivity contribution in [2.24, 2.45) is 5.73 Å². The fourth-order valence-electron chi connectivity index (χ4n) is 2.96. The highest BCUT2D eigenvalue weighted by molar-refractivity contribution is 5.14. The smallest absolute Gasteiger partial charge is 0.0950 e. The van der Waals surface area contributed by atoms with Gasteiger partial charge in [-0.25, -0.2) is 0 Å². The zero-order valence-corrected chi connectivity index (χ0v) is 10.2. The lowest BCUT2D eigenvalue weighted by Gasteiger charge is -2.34. The van der Waals surface area contributed by atoms with Crippen LogP contribution >= 0.6 is 0 Å². The zero-order chi connectivity index (χ0) is 11.5. The van der Waals surface area contributed by atoms with Crippen molar-refractivity contribution in [2.45, 2.75) is 51.2 Å². The SMILES string of the molecule is CCC1CCC(C)N1C(CN)c1ccoc1. The first kappa shape index (κ1) is 11.7. The second-order valence-corrected chi connectivity index (χ2v) is 4.74. The van der Waals surface area contributed by atoms with Gasteiger partial charge in [0.15, 0.2) is 0 Å². The maximum atomic E-state index is 5.94. The van der Waals surface area contributed by atoms with E-state index in [1.54, 1.807) is 6.26 Å². The van der Waals surface area contributed by atoms with Gasteiger partial charge in [0, 0.05) is 24.2 Å². The van der Waals surface area contributed by atoms with Gasteiger partial charge in [-0.1, -0.05) is 6.92 Å². The van der Waals surface area contributed by atoms with Gasteiger partial charge in [0.2, 0.25) is 0 Å². The van der Waals surface area contributed by atoms with Gasteiger partial charge in [-0.05, 0) is 32.3 Å². The second-order valence-electron chi connectivity index (χ2n) is 4.74. The van der Waals surface area contributed by atoms with E-state index in [0.717, 1.165) is 0 Å². The van der Waals surface area contributed by atoms with Gasteiger partial charge < -0.3 is 10.2 Å². The first-order chi connectivity index (χ1) is 7.77. The van der Waals surface area contributed by atoms with Crippen molar-refractivity contribution in [1.29, 1.82) is 0 Å². The molecule has 0 radical (unpaired) electrons. The van der Waals surface area contributed by atoms with E-state index in [2.05, 4.69) is 18.7 Å². The van der Waals surface area contributed by atoms with Crippen molar-refractivity contribution in [3.8, 4) is 0 Å². The van der Waals surface area contributed by atoms with Crippen molar-refractivity contribution in [1.82, 2.24) is 4.90 Å². The van der Waals surface area contributed by atoms with Crippen molar-refractivity contribution in [3.63, 3.8) is 0 Å². The number of hydrogen-bond donors (Lipinski definition) is 1. The Balaban J connectivity index is 2.19. The van der Waals surface area contributed by atoms with E-state index in [1.807, 2.05) is 12.3 Å². The van der Waals surface area contributed by atoms with E-state index < -0.39 is 0 Å². The predicted octanol–water partition coefficient (Wildman–Crippen LogP) is 2.54. The molecule has 1 saturated heterocycles. The Morgan fingerprint density at radius 3 is 2.94 bits per heavy atom. The summed E-state index contributed by atoms with van der Waals surface area (Å²) >= 11 is 0. The van der Waals surface area contributed by atoms with Crippen LogP contribution in [0.1, 0.15) is 44.7 Å². The van der Waals surface area contributed by atoms with Crippen molar-refractivity contribution in [2.75, 3.05) is 6.54 Å². The van der Waals surface area contributed by atoms with Crippen LogP contribution in [0.15, 0.2) is 23.0 Å². The molecule has 0 saturated carbocycles. The van der Waals surface area contributed by atoms with E-state index >= 15 is 0 Å². The van der Waals surface area contributed by atoms with Crippen molar-refractivity contribution in [3.05, 3.63) is 24.2 Å². The van der Waals surface area contributed by atoms with Crippen LogP contribution in [0.2, 0.25) is 0 Å². The lowest BCUT2D eigenvalue weighted by Crippen LogP contribution is -2.40. The van der Waals surface area contributed by atoms with Gasteiger partial charge >= 0.3 is 0 Å². The summed E-state index contributed by atoms with van der Waals surface area (Å²) in [5, 5.41) is 0. The molecule has 0 bridgehead atoms. The highest BCUT2D eigenvalue weighted by Gasteiger charge is 2.35. The summed E-state index contributed by atoms with van der Waals surface area (Å²) in [5.41, 5.74) is 7.16. The minimum Gasteiger partial charge on any atom is -0.472 e. The molecule has 0 aliphatic carbocycles. The van der Waals surface area contributed by atoms with E-state index in [4.69, 9.17) is 10.2 Å². The Labute approximate surface area is 97.6 Å². The summed E-state index contributed by atoms with van der Waals surface area (Å²) in [4.78, 5) is 2.57. The number of rotatable bonds is 4. The molecule has 3 atom stereocenters. The standard InChI is InChI=1S/C13H22N2O/c1-3-12-5-4-10(2)15(12)13(8-14)11-6-7-16-9-11/h6-7,9-10,12-13H,3-5,8,14H2,1-2H3. The normalized spacial score (nSPS) is 28.4. The molecule has 3 heteroatoms. The van der Waals surface area contributed by atoms with Crippen LogP contribution in [0.25, 0.3) is 0 Å². The van der Waals surface area contributed by atoms with E-state index in [-0.39, 0.29) is 0 Å². The third-order valence-electron chi connectivity index (χ3n) is 3.83. The fourth-order valence-corrected chi connectivity index (χ4v) is 2.96. The molecule has 3 unspecified atom stereocenters. The van der Waals surface area contributed by atoms with Crippen LogP contribution in [0.4, 0.5) is 0 Å². The van der Waals surface area contributed by atoms with Gasteiger partial charge in [0.1, 0.15) is 0 Å². The third-order valence-corrected chi connectivity index (χ3v) is 3.83. The molecule has 2 N–H and O–H groups in total. The summed E-state index contributed by atoms with van der Waals surface area (Å²) in [6, 6.07) is 3.67. The largest absolute Gasteiger partial charge is 0.472 e. The Morgan fingerprint density at radius 2 is 2.38 bits per heavy atom. The van der Waals surface area contributed by atoms with Crippen LogP contribution in [0, 0.1) is 0 Å². The highest BCUT2D eigenvalue weighted by atomic mass is 16.3. The first-order valence-corrected chi connectivity index (χ1v) is 6.27. The molecule has 1 fully saturated rings. The van der Waals surface area contributed by atoms with Crippen molar-refractivity contribution < 1.29 is 4.42 Å². The molecular formula is C13H22N2O. The number of hydrogen-bond acceptors (Lipinski definition) is 3. The zero-order valence-electron chi connectivity index (χ0n) is 10.2. The Bertz CT molecular complexity index is 310. The molecule has 3 nitrogen and oxygen atoms in total. The third kappa shape index (κ3) is 2.02. The van der Waals surface area contributed by atoms with E-state index in [9.17, 15) is 0 Å². The van der Waals surface area contributed by atoms with Gasteiger partial charge in [-0.3, -0.25) is 4.90 Å². The molecule has 0 spiro atoms. The highest BCUT2D eigenvalue weighted by Crippen LogP contribution is 2.34. The molecule has 1 aliphatic heterocycles. The molecular weight excluding hydrogens is 200 g/mol. The first-order valence-electron chi connectivity index (χ1n) is 6.27. The predicted molar refractivity (Wildman–Crippen MR) is 65.1 cm³/mol. The van der Waals surface area contributed by atoms with Crippen LogP contribution in [-0.4, -0.2) is 23.5 Å². The number of nitrogens with zero attached hydrogens (tertiary/aromatic N) is 1. The van der Waals surface area contributed by atoms with Crippen LogP contribution in [0.3, 0.4) is 0 Å². The Hall–Kier alpha value is -0.800. The van der Waals surface area contributed by atoms with Gasteiger partial charge in [-0.15, -0.1) is 0 Å². The quantitative estimate of drug-likeness (QED) is 0.851. The van der Waals surface area contributed by atoms with Gasteiger partial charge in [-0.2, -0.15) is 0 Å². The van der Waals surface area contributed by atoms with Crippen LogP contribution in [0.5, 0.6) is 0 Å². The topological polar surface area (TPSA) is 42.4 Å². The average molecular weight is 222 g/mol. The lowest BCUT2D eigenvalue weighted by molar-refractivity contribution is 0.136. The van der Waals surface area contributed by atoms with Crippen molar-refractivity contribution >= 4 is 0 Å². The molecule has 90 valence electrons. The minimum atomic E-state index is 0.321. The number of furan rings is 1. The molecule has 1 aromatic rings. The summed E-state index contributed by atoms with van der Waals surface area (Å²) in [5.74, 6) is 0. The Morgan fingerprint density at radius 1 is 1.56 bits per heavy atom. The van der Waals surface area contributed by atoms with Gasteiger partial charge in [0.05, 0.1) is 18.6 Å². The molecule has 16 heavy (non-hydrogen) atoms. The molecule has 0 amide bonds. The van der Waals surface area contributed by atoms with E-state index in [1.165, 1.54) is 24.8 Å².